The molecule has 0 heterocycles. The predicted octanol–water partition coefficient (Wildman–Crippen LogP) is 7.39. The average molecular weight is 477 g/mol. The van der Waals surface area contributed by atoms with Gasteiger partial charge in [-0.05, 0) is 31.2 Å². The van der Waals surface area contributed by atoms with Crippen LogP contribution in [-0.2, 0) is 16.0 Å². The van der Waals surface area contributed by atoms with Crippen LogP contribution in [0.4, 0.5) is 0 Å². The van der Waals surface area contributed by atoms with Crippen LogP contribution >= 0.6 is 0 Å². The molecular formula is C30H52O4. The lowest BCUT2D eigenvalue weighted by Gasteiger charge is -2.27. The third-order valence-electron chi connectivity index (χ3n) is 7.15. The first-order valence-corrected chi connectivity index (χ1v) is 14.1. The zero-order chi connectivity index (χ0) is 24.7. The molecule has 0 aliphatic carbocycles. The Labute approximate surface area is 209 Å². The number of aliphatic hydroxyl groups is 2. The van der Waals surface area contributed by atoms with E-state index < -0.39 is 5.41 Å². The molecule has 0 unspecified atom stereocenters. The van der Waals surface area contributed by atoms with E-state index in [1.54, 1.807) is 0 Å². The number of aliphatic hydroxyl groups excluding tert-OH is 2. The van der Waals surface area contributed by atoms with E-state index in [0.29, 0.717) is 12.8 Å². The van der Waals surface area contributed by atoms with Crippen molar-refractivity contribution in [2.75, 3.05) is 19.8 Å². The Balaban J connectivity index is 1.78. The standard InChI is InChI=1S/C30H52O4/c1-2-30(25-31,26-32)27-34-29(33)24-20-15-13-11-9-7-5-3-4-6-8-10-12-14-17-21-28-22-18-16-19-23-28/h16,18-19,22-23,31-32H,2-15,17,20-21,24-27H2,1H3. The summed E-state index contributed by atoms with van der Waals surface area (Å²) in [6, 6.07) is 10.8. The number of carbonyl (C=O) groups excluding carboxylic acids is 1. The lowest BCUT2D eigenvalue weighted by Crippen LogP contribution is -2.35. The summed E-state index contributed by atoms with van der Waals surface area (Å²) in [5.41, 5.74) is 0.776. The van der Waals surface area contributed by atoms with Gasteiger partial charge >= 0.3 is 5.97 Å². The van der Waals surface area contributed by atoms with Gasteiger partial charge in [-0.3, -0.25) is 4.79 Å². The monoisotopic (exact) mass is 476 g/mol. The maximum absolute atomic E-state index is 11.9. The van der Waals surface area contributed by atoms with Crippen molar-refractivity contribution in [3.05, 3.63) is 35.9 Å². The molecule has 0 amide bonds. The smallest absolute Gasteiger partial charge is 0.305 e. The Bertz CT molecular complexity index is 574. The van der Waals surface area contributed by atoms with E-state index >= 15 is 0 Å². The number of ether oxygens (including phenoxy) is 1. The molecule has 0 saturated carbocycles. The van der Waals surface area contributed by atoms with Crippen molar-refractivity contribution >= 4 is 5.97 Å². The van der Waals surface area contributed by atoms with Crippen molar-refractivity contribution < 1.29 is 19.7 Å². The summed E-state index contributed by atoms with van der Waals surface area (Å²) in [6.07, 6.45) is 21.6. The summed E-state index contributed by atoms with van der Waals surface area (Å²) in [5, 5.41) is 18.8. The predicted molar refractivity (Wildman–Crippen MR) is 142 cm³/mol. The molecule has 0 atom stereocenters. The van der Waals surface area contributed by atoms with Gasteiger partial charge < -0.3 is 14.9 Å². The molecule has 1 aromatic carbocycles. The molecule has 196 valence electrons. The Morgan fingerprint density at radius 2 is 1.15 bits per heavy atom. The molecule has 4 heteroatoms. The van der Waals surface area contributed by atoms with Crippen molar-refractivity contribution in [3.8, 4) is 0 Å². The van der Waals surface area contributed by atoms with Crippen LogP contribution in [0.25, 0.3) is 0 Å². The lowest BCUT2D eigenvalue weighted by atomic mass is 9.88. The SMILES string of the molecule is CCC(CO)(CO)COC(=O)CCCCCCCCCCCCCCCCCc1ccccc1. The van der Waals surface area contributed by atoms with Crippen molar-refractivity contribution in [1.82, 2.24) is 0 Å². The van der Waals surface area contributed by atoms with Crippen molar-refractivity contribution in [1.29, 1.82) is 0 Å². The van der Waals surface area contributed by atoms with Gasteiger partial charge in [-0.15, -0.1) is 0 Å². The van der Waals surface area contributed by atoms with E-state index in [4.69, 9.17) is 4.74 Å². The first-order chi connectivity index (χ1) is 16.7. The van der Waals surface area contributed by atoms with Crippen LogP contribution in [0.5, 0.6) is 0 Å². The van der Waals surface area contributed by atoms with E-state index in [9.17, 15) is 15.0 Å². The number of unbranched alkanes of at least 4 members (excludes halogenated alkanes) is 14. The molecule has 4 nitrogen and oxygen atoms in total. The van der Waals surface area contributed by atoms with E-state index in [1.807, 2.05) is 6.92 Å². The van der Waals surface area contributed by atoms with E-state index in [-0.39, 0.29) is 25.8 Å². The quantitative estimate of drug-likeness (QED) is 0.128. The van der Waals surface area contributed by atoms with Crippen LogP contribution in [0.2, 0.25) is 0 Å². The largest absolute Gasteiger partial charge is 0.465 e. The summed E-state index contributed by atoms with van der Waals surface area (Å²) in [6.45, 7) is 1.66. The molecule has 2 N–H and O–H groups in total. The summed E-state index contributed by atoms with van der Waals surface area (Å²) in [5.74, 6) is -0.216. The van der Waals surface area contributed by atoms with Gasteiger partial charge in [0.1, 0.15) is 6.61 Å². The third-order valence-corrected chi connectivity index (χ3v) is 7.15. The fraction of sp³-hybridized carbons (Fsp3) is 0.767. The van der Waals surface area contributed by atoms with E-state index in [2.05, 4.69) is 30.3 Å². The van der Waals surface area contributed by atoms with E-state index in [0.717, 1.165) is 12.8 Å². The fourth-order valence-corrected chi connectivity index (χ4v) is 4.31. The molecule has 0 spiro atoms. The molecule has 0 bridgehead atoms. The van der Waals surface area contributed by atoms with E-state index in [1.165, 1.54) is 95.5 Å². The van der Waals surface area contributed by atoms with Gasteiger partial charge in [-0.25, -0.2) is 0 Å². The third kappa shape index (κ3) is 15.5. The van der Waals surface area contributed by atoms with Gasteiger partial charge in [-0.1, -0.05) is 121 Å². The number of rotatable bonds is 23. The minimum absolute atomic E-state index is 0.101. The molecule has 0 aliphatic heterocycles. The number of aryl methyl sites for hydroxylation is 1. The second-order valence-electron chi connectivity index (χ2n) is 10.1. The molecule has 0 aliphatic rings. The molecule has 0 saturated heterocycles. The number of carbonyl (C=O) groups is 1. The van der Waals surface area contributed by atoms with Crippen LogP contribution in [0.15, 0.2) is 30.3 Å². The normalized spacial score (nSPS) is 11.6. The lowest BCUT2D eigenvalue weighted by molar-refractivity contribution is -0.149. The maximum Gasteiger partial charge on any atom is 0.305 e. The van der Waals surface area contributed by atoms with Crippen LogP contribution in [0, 0.1) is 5.41 Å². The average Bonchev–Trinajstić information content (AvgIpc) is 2.87. The highest BCUT2D eigenvalue weighted by Crippen LogP contribution is 2.21. The van der Waals surface area contributed by atoms with Crippen LogP contribution in [-0.4, -0.2) is 36.0 Å². The minimum Gasteiger partial charge on any atom is -0.465 e. The Kier molecular flexibility index (Phi) is 18.9. The molecule has 1 aromatic rings. The molecule has 0 radical (unpaired) electrons. The van der Waals surface area contributed by atoms with Crippen molar-refractivity contribution in [2.24, 2.45) is 5.41 Å². The molecule has 0 aromatic heterocycles. The number of hydrogen-bond donors (Lipinski definition) is 2. The molecule has 34 heavy (non-hydrogen) atoms. The highest BCUT2D eigenvalue weighted by molar-refractivity contribution is 5.69. The fourth-order valence-electron chi connectivity index (χ4n) is 4.31. The van der Waals surface area contributed by atoms with Gasteiger partial charge in [0, 0.05) is 6.42 Å². The number of benzene rings is 1. The topological polar surface area (TPSA) is 66.8 Å². The molecular weight excluding hydrogens is 424 g/mol. The van der Waals surface area contributed by atoms with Gasteiger partial charge in [0.25, 0.3) is 0 Å². The first kappa shape index (κ1) is 30.6. The van der Waals surface area contributed by atoms with Gasteiger partial charge in [0.2, 0.25) is 0 Å². The number of hydrogen-bond acceptors (Lipinski definition) is 4. The minimum atomic E-state index is -0.696. The Morgan fingerprint density at radius 3 is 1.59 bits per heavy atom. The summed E-state index contributed by atoms with van der Waals surface area (Å²) >= 11 is 0. The van der Waals surface area contributed by atoms with Crippen LogP contribution in [0.1, 0.15) is 122 Å². The summed E-state index contributed by atoms with van der Waals surface area (Å²) in [7, 11) is 0. The summed E-state index contributed by atoms with van der Waals surface area (Å²) in [4.78, 5) is 11.9. The van der Waals surface area contributed by atoms with Crippen molar-refractivity contribution in [2.45, 2.75) is 122 Å². The van der Waals surface area contributed by atoms with Gasteiger partial charge in [-0.2, -0.15) is 0 Å². The van der Waals surface area contributed by atoms with Crippen LogP contribution in [0.3, 0.4) is 0 Å². The Morgan fingerprint density at radius 1 is 0.706 bits per heavy atom. The Hall–Kier alpha value is -1.39. The zero-order valence-corrected chi connectivity index (χ0v) is 21.9. The number of esters is 1. The first-order valence-electron chi connectivity index (χ1n) is 14.1. The second kappa shape index (κ2) is 20.9. The summed E-state index contributed by atoms with van der Waals surface area (Å²) < 4.78 is 5.26. The highest BCUT2D eigenvalue weighted by atomic mass is 16.5. The maximum atomic E-state index is 11.9. The van der Waals surface area contributed by atoms with Gasteiger partial charge in [0.15, 0.2) is 0 Å². The van der Waals surface area contributed by atoms with Gasteiger partial charge in [0.05, 0.1) is 18.6 Å². The molecule has 1 rings (SSSR count). The molecule has 0 fully saturated rings. The highest BCUT2D eigenvalue weighted by Gasteiger charge is 2.28. The van der Waals surface area contributed by atoms with Crippen molar-refractivity contribution in [3.63, 3.8) is 0 Å². The van der Waals surface area contributed by atoms with Crippen LogP contribution < -0.4 is 0 Å². The zero-order valence-electron chi connectivity index (χ0n) is 21.9. The second-order valence-corrected chi connectivity index (χ2v) is 10.1.